The molecule has 0 bridgehead atoms. The summed E-state index contributed by atoms with van der Waals surface area (Å²) < 4.78 is 5.48. The van der Waals surface area contributed by atoms with E-state index in [4.69, 9.17) is 16.3 Å². The average molecular weight is 711 g/mol. The van der Waals surface area contributed by atoms with Crippen LogP contribution in [0.2, 0.25) is 0 Å². The molecule has 0 amide bonds. The number of alkyl halides is 1. The minimum atomic E-state index is -0.467. The number of aliphatic hydroxyl groups excluding tert-OH is 2. The van der Waals surface area contributed by atoms with Crippen LogP contribution in [0.4, 0.5) is 0 Å². The Morgan fingerprint density at radius 2 is 1.35 bits per heavy atom. The number of unbranched alkanes of at least 4 members (excludes halogenated alkanes) is 16. The van der Waals surface area contributed by atoms with Crippen LogP contribution in [0.5, 0.6) is 0 Å². The standard InChI is InChI=1S/C43H80ClNO4/c1-4-6-7-8-9-10-11-12-13-14-15-16-17-18-22-25-36-45(3)37-38-49-42(48)31-24-21-19-20-23-28-39(40(46)32-35-44)29-26-30-41(47)43(5-2)33-27-34-43/h19-20,26,29,39-41,46-47H,4-18,21-25,27-28,30-38H2,1-3H3/t39-,40-,41+/m1/s1. The second kappa shape index (κ2) is 31.8. The van der Waals surface area contributed by atoms with Crippen molar-refractivity contribution in [2.24, 2.45) is 11.3 Å². The lowest BCUT2D eigenvalue weighted by atomic mass is 9.63. The molecule has 2 N–H and O–H groups in total. The van der Waals surface area contributed by atoms with E-state index < -0.39 is 6.10 Å². The number of likely N-dealkylation sites (N-methyl/N-ethyl adjacent to an activating group) is 1. The Morgan fingerprint density at radius 1 is 0.776 bits per heavy atom. The van der Waals surface area contributed by atoms with E-state index in [-0.39, 0.29) is 23.4 Å². The number of allylic oxidation sites excluding steroid dienone is 2. The molecule has 1 fully saturated rings. The van der Waals surface area contributed by atoms with Crippen molar-refractivity contribution >= 4 is 17.6 Å². The van der Waals surface area contributed by atoms with Crippen LogP contribution in [-0.4, -0.2) is 65.9 Å². The normalized spacial score (nSPS) is 16.4. The van der Waals surface area contributed by atoms with E-state index in [9.17, 15) is 15.0 Å². The molecule has 6 heteroatoms. The predicted molar refractivity (Wildman–Crippen MR) is 211 cm³/mol. The summed E-state index contributed by atoms with van der Waals surface area (Å²) in [6.07, 6.45) is 39.5. The lowest BCUT2D eigenvalue weighted by molar-refractivity contribution is -0.144. The van der Waals surface area contributed by atoms with E-state index in [1.54, 1.807) is 0 Å². The van der Waals surface area contributed by atoms with Crippen molar-refractivity contribution in [2.45, 2.75) is 199 Å². The fraction of sp³-hybridized carbons (Fsp3) is 0.884. The van der Waals surface area contributed by atoms with Gasteiger partial charge in [-0.05, 0) is 83.2 Å². The third kappa shape index (κ3) is 24.1. The van der Waals surface area contributed by atoms with Crippen LogP contribution in [0.3, 0.4) is 0 Å². The highest BCUT2D eigenvalue weighted by molar-refractivity contribution is 6.17. The Hall–Kier alpha value is -0.880. The minimum Gasteiger partial charge on any atom is -0.464 e. The average Bonchev–Trinajstić information content (AvgIpc) is 3.06. The Bertz CT molecular complexity index is 808. The molecule has 0 aromatic heterocycles. The van der Waals surface area contributed by atoms with Crippen LogP contribution in [0.1, 0.15) is 187 Å². The number of hydrogen-bond donors (Lipinski definition) is 2. The predicted octanol–water partition coefficient (Wildman–Crippen LogP) is 11.7. The molecule has 0 aliphatic heterocycles. The number of esters is 1. The Kier molecular flexibility index (Phi) is 30.0. The number of rotatable bonds is 35. The molecule has 0 aromatic rings. The van der Waals surface area contributed by atoms with Crippen LogP contribution in [0.25, 0.3) is 0 Å². The molecule has 0 aromatic carbocycles. The third-order valence-electron chi connectivity index (χ3n) is 11.1. The van der Waals surface area contributed by atoms with Gasteiger partial charge in [0.05, 0.1) is 12.2 Å². The number of carbonyl (C=O) groups excluding carboxylic acids is 1. The highest BCUT2D eigenvalue weighted by Crippen LogP contribution is 2.47. The van der Waals surface area contributed by atoms with E-state index in [1.807, 2.05) is 0 Å². The Morgan fingerprint density at radius 3 is 1.88 bits per heavy atom. The summed E-state index contributed by atoms with van der Waals surface area (Å²) in [7, 11) is 2.12. The molecule has 49 heavy (non-hydrogen) atoms. The van der Waals surface area contributed by atoms with Crippen molar-refractivity contribution in [3.05, 3.63) is 24.3 Å². The Balaban J connectivity index is 2.00. The number of carbonyl (C=O) groups is 1. The van der Waals surface area contributed by atoms with Crippen LogP contribution in [-0.2, 0) is 9.53 Å². The number of halogens is 1. The fourth-order valence-electron chi connectivity index (χ4n) is 7.25. The molecule has 1 aliphatic carbocycles. The van der Waals surface area contributed by atoms with Crippen LogP contribution >= 0.6 is 11.6 Å². The zero-order valence-corrected chi connectivity index (χ0v) is 33.3. The molecule has 1 rings (SSSR count). The molecular formula is C43H80ClNO4. The highest BCUT2D eigenvalue weighted by atomic mass is 35.5. The quantitative estimate of drug-likeness (QED) is 0.0297. The van der Waals surface area contributed by atoms with Crippen LogP contribution < -0.4 is 0 Å². The maximum Gasteiger partial charge on any atom is 0.305 e. The van der Waals surface area contributed by atoms with Gasteiger partial charge in [0.25, 0.3) is 0 Å². The molecule has 0 saturated heterocycles. The summed E-state index contributed by atoms with van der Waals surface area (Å²) in [5.41, 5.74) is 0.102. The summed E-state index contributed by atoms with van der Waals surface area (Å²) in [5, 5.41) is 21.3. The van der Waals surface area contributed by atoms with Gasteiger partial charge in [0, 0.05) is 24.8 Å². The van der Waals surface area contributed by atoms with Crippen molar-refractivity contribution in [2.75, 3.05) is 32.6 Å². The van der Waals surface area contributed by atoms with E-state index in [2.05, 4.69) is 50.1 Å². The summed E-state index contributed by atoms with van der Waals surface area (Å²) in [4.78, 5) is 14.5. The molecule has 1 aliphatic rings. The number of ether oxygens (including phenoxy) is 1. The lowest BCUT2D eigenvalue weighted by Crippen LogP contribution is -2.40. The highest BCUT2D eigenvalue weighted by Gasteiger charge is 2.40. The van der Waals surface area contributed by atoms with Crippen LogP contribution in [0.15, 0.2) is 24.3 Å². The molecule has 0 unspecified atom stereocenters. The number of hydrogen-bond acceptors (Lipinski definition) is 5. The first-order valence-electron chi connectivity index (χ1n) is 21.0. The van der Waals surface area contributed by atoms with Gasteiger partial charge in [-0.25, -0.2) is 0 Å². The first kappa shape index (κ1) is 46.1. The molecule has 288 valence electrons. The van der Waals surface area contributed by atoms with Crippen molar-refractivity contribution in [1.29, 1.82) is 0 Å². The van der Waals surface area contributed by atoms with E-state index in [1.165, 1.54) is 109 Å². The summed E-state index contributed by atoms with van der Waals surface area (Å²) >= 11 is 5.91. The first-order chi connectivity index (χ1) is 23.9. The van der Waals surface area contributed by atoms with Gasteiger partial charge in [-0.15, -0.1) is 11.6 Å². The first-order valence-corrected chi connectivity index (χ1v) is 21.5. The molecule has 3 atom stereocenters. The molecule has 0 heterocycles. The minimum absolute atomic E-state index is 0.0340. The lowest BCUT2D eigenvalue weighted by Gasteiger charge is -2.45. The molecule has 5 nitrogen and oxygen atoms in total. The van der Waals surface area contributed by atoms with Gasteiger partial charge in [-0.3, -0.25) is 4.79 Å². The maximum absolute atomic E-state index is 12.2. The zero-order valence-electron chi connectivity index (χ0n) is 32.5. The topological polar surface area (TPSA) is 70.0 Å². The van der Waals surface area contributed by atoms with Crippen molar-refractivity contribution in [3.8, 4) is 0 Å². The Labute approximate surface area is 309 Å². The van der Waals surface area contributed by atoms with Crippen molar-refractivity contribution in [1.82, 2.24) is 4.90 Å². The second-order valence-corrected chi connectivity index (χ2v) is 15.6. The fourth-order valence-corrected chi connectivity index (χ4v) is 7.47. The second-order valence-electron chi connectivity index (χ2n) is 15.2. The van der Waals surface area contributed by atoms with Crippen LogP contribution in [0, 0.1) is 11.3 Å². The largest absolute Gasteiger partial charge is 0.464 e. The summed E-state index contributed by atoms with van der Waals surface area (Å²) in [5.74, 6) is 0.369. The molecule has 0 spiro atoms. The van der Waals surface area contributed by atoms with Gasteiger partial charge in [0.1, 0.15) is 6.61 Å². The van der Waals surface area contributed by atoms with Gasteiger partial charge in [-0.1, -0.05) is 141 Å². The third-order valence-corrected chi connectivity index (χ3v) is 11.3. The summed E-state index contributed by atoms with van der Waals surface area (Å²) in [6, 6.07) is 0. The van der Waals surface area contributed by atoms with Gasteiger partial charge in [0.2, 0.25) is 0 Å². The zero-order chi connectivity index (χ0) is 35.8. The van der Waals surface area contributed by atoms with E-state index in [0.29, 0.717) is 31.7 Å². The van der Waals surface area contributed by atoms with Crippen molar-refractivity contribution in [3.63, 3.8) is 0 Å². The molecule has 1 saturated carbocycles. The SMILES string of the molecule is CCCCCCCCCCCCCCCCCCN(C)CCOC(=O)CCCC=CCC[C@H](C=CC[C@H](O)C1(CC)CCC1)[C@H](O)CCCl. The smallest absolute Gasteiger partial charge is 0.305 e. The van der Waals surface area contributed by atoms with Gasteiger partial charge < -0.3 is 19.8 Å². The van der Waals surface area contributed by atoms with Gasteiger partial charge in [-0.2, -0.15) is 0 Å². The van der Waals surface area contributed by atoms with E-state index >= 15 is 0 Å². The molecular weight excluding hydrogens is 630 g/mol. The van der Waals surface area contributed by atoms with Crippen molar-refractivity contribution < 1.29 is 19.7 Å². The van der Waals surface area contributed by atoms with Gasteiger partial charge >= 0.3 is 5.97 Å². The maximum atomic E-state index is 12.2. The number of nitrogens with zero attached hydrogens (tertiary/aromatic N) is 1. The molecule has 0 radical (unpaired) electrons. The monoisotopic (exact) mass is 710 g/mol. The van der Waals surface area contributed by atoms with E-state index in [0.717, 1.165) is 58.0 Å². The van der Waals surface area contributed by atoms with Gasteiger partial charge in [0.15, 0.2) is 0 Å². The summed E-state index contributed by atoms with van der Waals surface area (Å²) in [6.45, 7) is 6.81. The number of aliphatic hydroxyl groups is 2.